The standard InChI is InChI=1S/C21H23ClN2O5/c1-12-14(7-13-3-4-18(27-2)23-9-13)8-15-20(19(12)22)29-11-24(21(15)26)16-10-28-6-5-17(16)25/h3-4,8-9,16-17,25H,5-7,10-11H2,1-2H3/t16?,17-/m0/s1. The van der Waals surface area contributed by atoms with Gasteiger partial charge in [0.1, 0.15) is 0 Å². The molecule has 0 bridgehead atoms. The van der Waals surface area contributed by atoms with E-state index in [1.807, 2.05) is 19.1 Å². The minimum Gasteiger partial charge on any atom is -0.481 e. The summed E-state index contributed by atoms with van der Waals surface area (Å²) < 4.78 is 16.4. The second kappa shape index (κ2) is 8.18. The molecule has 1 N–H and O–H groups in total. The summed E-state index contributed by atoms with van der Waals surface area (Å²) in [4.78, 5) is 19.0. The predicted octanol–water partition coefficient (Wildman–Crippen LogP) is 2.58. The van der Waals surface area contributed by atoms with Crippen LogP contribution >= 0.6 is 11.6 Å². The highest BCUT2D eigenvalue weighted by molar-refractivity contribution is 6.33. The number of benzene rings is 1. The molecule has 1 aromatic heterocycles. The number of aliphatic hydroxyl groups excluding tert-OH is 1. The second-order valence-corrected chi connectivity index (χ2v) is 7.66. The van der Waals surface area contributed by atoms with E-state index in [2.05, 4.69) is 4.98 Å². The van der Waals surface area contributed by atoms with Crippen LogP contribution in [0.25, 0.3) is 0 Å². The molecule has 1 aromatic carbocycles. The molecule has 4 rings (SSSR count). The maximum atomic E-state index is 13.2. The van der Waals surface area contributed by atoms with E-state index < -0.39 is 12.1 Å². The van der Waals surface area contributed by atoms with Crippen LogP contribution in [0.15, 0.2) is 24.4 Å². The minimum atomic E-state index is -0.636. The Morgan fingerprint density at radius 3 is 2.93 bits per heavy atom. The van der Waals surface area contributed by atoms with Crippen molar-refractivity contribution in [1.82, 2.24) is 9.88 Å². The first-order valence-corrected chi connectivity index (χ1v) is 9.88. The van der Waals surface area contributed by atoms with Gasteiger partial charge in [0.05, 0.1) is 36.4 Å². The Labute approximate surface area is 174 Å². The molecule has 154 valence electrons. The van der Waals surface area contributed by atoms with Gasteiger partial charge in [-0.05, 0) is 42.5 Å². The average molecular weight is 419 g/mol. The molecule has 7 nitrogen and oxygen atoms in total. The van der Waals surface area contributed by atoms with Crippen LogP contribution in [0.3, 0.4) is 0 Å². The van der Waals surface area contributed by atoms with E-state index in [0.717, 1.165) is 16.7 Å². The molecule has 1 saturated heterocycles. The van der Waals surface area contributed by atoms with Gasteiger partial charge in [0.25, 0.3) is 5.91 Å². The first-order valence-electron chi connectivity index (χ1n) is 9.50. The van der Waals surface area contributed by atoms with E-state index in [1.165, 1.54) is 4.90 Å². The summed E-state index contributed by atoms with van der Waals surface area (Å²) in [7, 11) is 1.57. The van der Waals surface area contributed by atoms with Crippen molar-refractivity contribution < 1.29 is 24.1 Å². The molecule has 0 spiro atoms. The first-order chi connectivity index (χ1) is 14.0. The molecule has 1 fully saturated rings. The molecule has 3 heterocycles. The topological polar surface area (TPSA) is 81.1 Å². The number of rotatable bonds is 4. The number of carbonyl (C=O) groups is 1. The van der Waals surface area contributed by atoms with Gasteiger partial charge in [-0.3, -0.25) is 9.69 Å². The zero-order chi connectivity index (χ0) is 20.5. The quantitative estimate of drug-likeness (QED) is 0.822. The van der Waals surface area contributed by atoms with Crippen molar-refractivity contribution in [3.63, 3.8) is 0 Å². The fraction of sp³-hybridized carbons (Fsp3) is 0.429. The van der Waals surface area contributed by atoms with E-state index >= 15 is 0 Å². The smallest absolute Gasteiger partial charge is 0.260 e. The fourth-order valence-corrected chi connectivity index (χ4v) is 4.00. The number of ether oxygens (including phenoxy) is 3. The lowest BCUT2D eigenvalue weighted by atomic mass is 9.96. The molecule has 2 aliphatic heterocycles. The Bertz CT molecular complexity index is 918. The molecule has 1 unspecified atom stereocenters. The number of carbonyl (C=O) groups excluding carboxylic acids is 1. The van der Waals surface area contributed by atoms with Gasteiger partial charge in [0, 0.05) is 18.9 Å². The van der Waals surface area contributed by atoms with Crippen LogP contribution in [-0.4, -0.2) is 60.1 Å². The van der Waals surface area contributed by atoms with Gasteiger partial charge >= 0.3 is 0 Å². The number of fused-ring (bicyclic) bond motifs is 1. The number of methoxy groups -OCH3 is 1. The molecule has 2 atom stereocenters. The van der Waals surface area contributed by atoms with Gasteiger partial charge in [0.2, 0.25) is 5.88 Å². The summed E-state index contributed by atoms with van der Waals surface area (Å²) in [5.41, 5.74) is 3.16. The van der Waals surface area contributed by atoms with Crippen molar-refractivity contribution in [2.75, 3.05) is 27.1 Å². The second-order valence-electron chi connectivity index (χ2n) is 7.28. The van der Waals surface area contributed by atoms with Crippen molar-refractivity contribution >= 4 is 17.5 Å². The van der Waals surface area contributed by atoms with Gasteiger partial charge in [-0.1, -0.05) is 17.7 Å². The van der Waals surface area contributed by atoms with Crippen LogP contribution in [0.5, 0.6) is 11.6 Å². The summed E-state index contributed by atoms with van der Waals surface area (Å²) in [6.07, 6.45) is 2.17. The molecule has 1 amide bonds. The molecule has 8 heteroatoms. The lowest BCUT2D eigenvalue weighted by molar-refractivity contribution is -0.0696. The molecule has 2 aliphatic rings. The highest BCUT2D eigenvalue weighted by Crippen LogP contribution is 2.39. The summed E-state index contributed by atoms with van der Waals surface area (Å²) in [5, 5.41) is 10.7. The zero-order valence-electron chi connectivity index (χ0n) is 16.4. The summed E-state index contributed by atoms with van der Waals surface area (Å²) in [6.45, 7) is 2.73. The predicted molar refractivity (Wildman–Crippen MR) is 107 cm³/mol. The van der Waals surface area contributed by atoms with E-state index in [-0.39, 0.29) is 19.2 Å². The van der Waals surface area contributed by atoms with Gasteiger partial charge in [-0.15, -0.1) is 0 Å². The van der Waals surface area contributed by atoms with E-state index in [0.29, 0.717) is 41.7 Å². The summed E-state index contributed by atoms with van der Waals surface area (Å²) in [5.74, 6) is 0.728. The summed E-state index contributed by atoms with van der Waals surface area (Å²) >= 11 is 6.55. The molecule has 2 aromatic rings. The van der Waals surface area contributed by atoms with Gasteiger partial charge in [0.15, 0.2) is 12.5 Å². The fourth-order valence-electron chi connectivity index (χ4n) is 3.72. The molecule has 0 aliphatic carbocycles. The normalized spacial score (nSPS) is 21.5. The summed E-state index contributed by atoms with van der Waals surface area (Å²) in [6, 6.07) is 5.12. The minimum absolute atomic E-state index is 0.0395. The zero-order valence-corrected chi connectivity index (χ0v) is 17.1. The molecular weight excluding hydrogens is 396 g/mol. The molecular formula is C21H23ClN2O5. The van der Waals surface area contributed by atoms with Crippen LogP contribution < -0.4 is 9.47 Å². The van der Waals surface area contributed by atoms with E-state index in [4.69, 9.17) is 25.8 Å². The van der Waals surface area contributed by atoms with Crippen LogP contribution in [0.2, 0.25) is 5.02 Å². The third-order valence-electron chi connectivity index (χ3n) is 5.51. The van der Waals surface area contributed by atoms with Crippen LogP contribution in [0.4, 0.5) is 0 Å². The van der Waals surface area contributed by atoms with Gasteiger partial charge in [-0.25, -0.2) is 4.98 Å². The molecule has 29 heavy (non-hydrogen) atoms. The highest BCUT2D eigenvalue weighted by atomic mass is 35.5. The Morgan fingerprint density at radius 1 is 1.41 bits per heavy atom. The Morgan fingerprint density at radius 2 is 2.24 bits per heavy atom. The van der Waals surface area contributed by atoms with Crippen LogP contribution in [-0.2, 0) is 11.2 Å². The van der Waals surface area contributed by atoms with E-state index in [9.17, 15) is 9.90 Å². The third-order valence-corrected chi connectivity index (χ3v) is 5.96. The Kier molecular flexibility index (Phi) is 5.63. The molecule has 0 radical (unpaired) electrons. The first kappa shape index (κ1) is 19.9. The number of pyridine rings is 1. The van der Waals surface area contributed by atoms with Crippen LogP contribution in [0, 0.1) is 6.92 Å². The number of nitrogens with zero attached hydrogens (tertiary/aromatic N) is 2. The number of aliphatic hydroxyl groups is 1. The lowest BCUT2D eigenvalue weighted by Crippen LogP contribution is -2.54. The average Bonchev–Trinajstić information content (AvgIpc) is 2.74. The number of hydrogen-bond acceptors (Lipinski definition) is 6. The maximum absolute atomic E-state index is 13.2. The Balaban J connectivity index is 1.65. The van der Waals surface area contributed by atoms with Crippen molar-refractivity contribution in [1.29, 1.82) is 0 Å². The number of hydrogen-bond donors (Lipinski definition) is 1. The SMILES string of the molecule is COc1ccc(Cc2cc3c(c(Cl)c2C)OCN(C2COCC[C@@H]2O)C3=O)cn1. The molecule has 0 saturated carbocycles. The maximum Gasteiger partial charge on any atom is 0.260 e. The largest absolute Gasteiger partial charge is 0.481 e. The van der Waals surface area contributed by atoms with Crippen molar-refractivity contribution in [2.24, 2.45) is 0 Å². The van der Waals surface area contributed by atoms with E-state index in [1.54, 1.807) is 19.4 Å². The lowest BCUT2D eigenvalue weighted by Gasteiger charge is -2.39. The van der Waals surface area contributed by atoms with Crippen molar-refractivity contribution in [3.8, 4) is 11.6 Å². The highest BCUT2D eigenvalue weighted by Gasteiger charge is 2.38. The van der Waals surface area contributed by atoms with Crippen LogP contribution in [0.1, 0.15) is 33.5 Å². The number of halogens is 1. The third kappa shape index (κ3) is 3.77. The number of aromatic nitrogens is 1. The van der Waals surface area contributed by atoms with Crippen molar-refractivity contribution in [3.05, 3.63) is 51.7 Å². The number of amides is 1. The van der Waals surface area contributed by atoms with Gasteiger partial charge in [-0.2, -0.15) is 0 Å². The Hall–Kier alpha value is -2.35. The monoisotopic (exact) mass is 418 g/mol. The van der Waals surface area contributed by atoms with Gasteiger partial charge < -0.3 is 19.3 Å². The van der Waals surface area contributed by atoms with Crippen molar-refractivity contribution in [2.45, 2.75) is 31.9 Å².